The number of carbonyl (C=O) groups is 2. The SMILES string of the molecule is COC1CC(CC(=O)O)N(C(=O)c2cccc(OCc3cccc(C)c3)c2)C1. The van der Waals surface area contributed by atoms with E-state index in [9.17, 15) is 9.59 Å². The summed E-state index contributed by atoms with van der Waals surface area (Å²) in [6.07, 6.45) is 0.293. The Labute approximate surface area is 164 Å². The molecule has 2 aromatic carbocycles. The Morgan fingerprint density at radius 2 is 1.96 bits per heavy atom. The van der Waals surface area contributed by atoms with Gasteiger partial charge in [0, 0.05) is 25.3 Å². The average Bonchev–Trinajstić information content (AvgIpc) is 3.08. The second-order valence-corrected chi connectivity index (χ2v) is 7.11. The van der Waals surface area contributed by atoms with Crippen molar-refractivity contribution in [3.05, 3.63) is 65.2 Å². The Bertz CT molecular complexity index is 850. The number of aliphatic carboxylic acids is 1. The lowest BCUT2D eigenvalue weighted by Gasteiger charge is -2.23. The van der Waals surface area contributed by atoms with E-state index in [0.29, 0.717) is 30.9 Å². The predicted octanol–water partition coefficient (Wildman–Crippen LogP) is 3.28. The second-order valence-electron chi connectivity index (χ2n) is 7.11. The highest BCUT2D eigenvalue weighted by Crippen LogP contribution is 2.26. The number of likely N-dealkylation sites (tertiary alicyclic amines) is 1. The van der Waals surface area contributed by atoms with Gasteiger partial charge in [-0.15, -0.1) is 0 Å². The van der Waals surface area contributed by atoms with Crippen molar-refractivity contribution in [1.82, 2.24) is 4.90 Å². The molecule has 2 aromatic rings. The molecule has 1 aliphatic rings. The van der Waals surface area contributed by atoms with Gasteiger partial charge >= 0.3 is 5.97 Å². The number of hydrogen-bond donors (Lipinski definition) is 1. The van der Waals surface area contributed by atoms with Gasteiger partial charge in [-0.1, -0.05) is 35.9 Å². The van der Waals surface area contributed by atoms with E-state index in [0.717, 1.165) is 11.1 Å². The Balaban J connectivity index is 1.71. The Morgan fingerprint density at radius 3 is 2.68 bits per heavy atom. The fourth-order valence-electron chi connectivity index (χ4n) is 3.54. The normalized spacial score (nSPS) is 18.9. The third kappa shape index (κ3) is 4.89. The zero-order valence-corrected chi connectivity index (χ0v) is 16.1. The zero-order chi connectivity index (χ0) is 20.1. The van der Waals surface area contributed by atoms with Crippen molar-refractivity contribution in [2.24, 2.45) is 0 Å². The maximum Gasteiger partial charge on any atom is 0.305 e. The van der Waals surface area contributed by atoms with Gasteiger partial charge in [0.25, 0.3) is 5.91 Å². The van der Waals surface area contributed by atoms with Gasteiger partial charge < -0.3 is 19.5 Å². The Kier molecular flexibility index (Phi) is 6.31. The van der Waals surface area contributed by atoms with E-state index in [1.807, 2.05) is 31.2 Å². The van der Waals surface area contributed by atoms with Gasteiger partial charge in [-0.2, -0.15) is 0 Å². The molecule has 0 bridgehead atoms. The van der Waals surface area contributed by atoms with E-state index in [1.165, 1.54) is 0 Å². The summed E-state index contributed by atoms with van der Waals surface area (Å²) < 4.78 is 11.2. The van der Waals surface area contributed by atoms with Gasteiger partial charge in [-0.25, -0.2) is 0 Å². The van der Waals surface area contributed by atoms with Gasteiger partial charge in [0.2, 0.25) is 0 Å². The van der Waals surface area contributed by atoms with E-state index in [2.05, 4.69) is 6.07 Å². The first-order chi connectivity index (χ1) is 13.5. The summed E-state index contributed by atoms with van der Waals surface area (Å²) in [6, 6.07) is 14.7. The zero-order valence-electron chi connectivity index (χ0n) is 16.1. The minimum absolute atomic E-state index is 0.0881. The molecule has 1 heterocycles. The van der Waals surface area contributed by atoms with Gasteiger partial charge in [0.1, 0.15) is 12.4 Å². The lowest BCUT2D eigenvalue weighted by Crippen LogP contribution is -2.37. The van der Waals surface area contributed by atoms with Crippen molar-refractivity contribution in [2.45, 2.75) is 38.5 Å². The molecule has 1 amide bonds. The number of rotatable bonds is 7. The summed E-state index contributed by atoms with van der Waals surface area (Å²) in [6.45, 7) is 2.83. The number of carboxylic acids is 1. The van der Waals surface area contributed by atoms with Crippen LogP contribution in [0.2, 0.25) is 0 Å². The van der Waals surface area contributed by atoms with Crippen LogP contribution in [0.5, 0.6) is 5.75 Å². The molecule has 1 fully saturated rings. The molecule has 1 aliphatic heterocycles. The minimum Gasteiger partial charge on any atom is -0.489 e. The number of hydrogen-bond acceptors (Lipinski definition) is 4. The third-order valence-electron chi connectivity index (χ3n) is 4.95. The molecule has 0 aromatic heterocycles. The van der Waals surface area contributed by atoms with Crippen molar-refractivity contribution in [3.8, 4) is 5.75 Å². The smallest absolute Gasteiger partial charge is 0.305 e. The summed E-state index contributed by atoms with van der Waals surface area (Å²) >= 11 is 0. The molecule has 0 saturated carbocycles. The van der Waals surface area contributed by atoms with Crippen LogP contribution >= 0.6 is 0 Å². The monoisotopic (exact) mass is 383 g/mol. The van der Waals surface area contributed by atoms with Gasteiger partial charge in [-0.05, 0) is 37.1 Å². The molecule has 2 unspecified atom stereocenters. The van der Waals surface area contributed by atoms with Crippen LogP contribution in [-0.2, 0) is 16.1 Å². The van der Waals surface area contributed by atoms with Crippen molar-refractivity contribution < 1.29 is 24.2 Å². The molecule has 0 radical (unpaired) electrons. The first-order valence-corrected chi connectivity index (χ1v) is 9.30. The summed E-state index contributed by atoms with van der Waals surface area (Å²) in [5, 5.41) is 9.15. The number of methoxy groups -OCH3 is 1. The number of nitrogens with zero attached hydrogens (tertiary/aromatic N) is 1. The molecule has 148 valence electrons. The number of ether oxygens (including phenoxy) is 2. The summed E-state index contributed by atoms with van der Waals surface area (Å²) in [5.74, 6) is -0.522. The predicted molar refractivity (Wildman–Crippen MR) is 104 cm³/mol. The van der Waals surface area contributed by atoms with E-state index in [1.54, 1.807) is 30.2 Å². The van der Waals surface area contributed by atoms with Crippen LogP contribution in [0.4, 0.5) is 0 Å². The van der Waals surface area contributed by atoms with Crippen LogP contribution in [-0.4, -0.2) is 47.7 Å². The lowest BCUT2D eigenvalue weighted by molar-refractivity contribution is -0.138. The summed E-state index contributed by atoms with van der Waals surface area (Å²) in [5.41, 5.74) is 2.70. The van der Waals surface area contributed by atoms with Crippen LogP contribution < -0.4 is 4.74 Å². The number of benzene rings is 2. The summed E-state index contributed by atoms with van der Waals surface area (Å²) in [4.78, 5) is 25.7. The minimum atomic E-state index is -0.921. The standard InChI is InChI=1S/C22H25NO5/c1-15-5-3-6-16(9-15)14-28-19-8-4-7-17(10-19)22(26)23-13-20(27-2)11-18(23)12-21(24)25/h3-10,18,20H,11-14H2,1-2H3,(H,24,25). The van der Waals surface area contributed by atoms with E-state index < -0.39 is 5.97 Å². The average molecular weight is 383 g/mol. The maximum absolute atomic E-state index is 13.0. The molecular formula is C22H25NO5. The fraction of sp³-hybridized carbons (Fsp3) is 0.364. The van der Waals surface area contributed by atoms with Crippen LogP contribution in [0.3, 0.4) is 0 Å². The highest BCUT2D eigenvalue weighted by atomic mass is 16.5. The van der Waals surface area contributed by atoms with Crippen LogP contribution in [0.1, 0.15) is 34.3 Å². The molecule has 2 atom stereocenters. The molecule has 1 N–H and O–H groups in total. The van der Waals surface area contributed by atoms with Gasteiger partial charge in [-0.3, -0.25) is 9.59 Å². The highest BCUT2D eigenvalue weighted by Gasteiger charge is 2.36. The van der Waals surface area contributed by atoms with Crippen LogP contribution in [0.25, 0.3) is 0 Å². The first kappa shape index (κ1) is 19.9. The third-order valence-corrected chi connectivity index (χ3v) is 4.95. The Morgan fingerprint density at radius 1 is 1.18 bits per heavy atom. The topological polar surface area (TPSA) is 76.1 Å². The fourth-order valence-corrected chi connectivity index (χ4v) is 3.54. The molecule has 28 heavy (non-hydrogen) atoms. The lowest BCUT2D eigenvalue weighted by atomic mass is 10.1. The molecule has 6 nitrogen and oxygen atoms in total. The van der Waals surface area contributed by atoms with E-state index in [4.69, 9.17) is 14.6 Å². The Hall–Kier alpha value is -2.86. The van der Waals surface area contributed by atoms with Crippen molar-refractivity contribution >= 4 is 11.9 Å². The maximum atomic E-state index is 13.0. The van der Waals surface area contributed by atoms with Crippen molar-refractivity contribution in [3.63, 3.8) is 0 Å². The molecule has 1 saturated heterocycles. The number of carboxylic acid groups (broad SMARTS) is 1. The van der Waals surface area contributed by atoms with E-state index in [-0.39, 0.29) is 24.5 Å². The largest absolute Gasteiger partial charge is 0.489 e. The van der Waals surface area contributed by atoms with Gasteiger partial charge in [0.05, 0.1) is 12.5 Å². The molecule has 3 rings (SSSR count). The second kappa shape index (κ2) is 8.89. The number of amides is 1. The highest BCUT2D eigenvalue weighted by molar-refractivity contribution is 5.95. The number of aryl methyl sites for hydroxylation is 1. The van der Waals surface area contributed by atoms with Crippen LogP contribution in [0, 0.1) is 6.92 Å². The van der Waals surface area contributed by atoms with Crippen molar-refractivity contribution in [1.29, 1.82) is 0 Å². The summed E-state index contributed by atoms with van der Waals surface area (Å²) in [7, 11) is 1.58. The number of carbonyl (C=O) groups excluding carboxylic acids is 1. The molecular weight excluding hydrogens is 358 g/mol. The van der Waals surface area contributed by atoms with Crippen molar-refractivity contribution in [2.75, 3.05) is 13.7 Å². The molecule has 6 heteroatoms. The quantitative estimate of drug-likeness (QED) is 0.794. The molecule has 0 spiro atoms. The molecule has 0 aliphatic carbocycles. The first-order valence-electron chi connectivity index (χ1n) is 9.30. The van der Waals surface area contributed by atoms with Crippen LogP contribution in [0.15, 0.2) is 48.5 Å². The van der Waals surface area contributed by atoms with E-state index >= 15 is 0 Å². The van der Waals surface area contributed by atoms with Gasteiger partial charge in [0.15, 0.2) is 0 Å².